The smallest absolute Gasteiger partial charge is 0.222 e. The van der Waals surface area contributed by atoms with Gasteiger partial charge in [0.1, 0.15) is 11.3 Å². The fourth-order valence-electron chi connectivity index (χ4n) is 3.30. The van der Waals surface area contributed by atoms with E-state index in [-0.39, 0.29) is 0 Å². The van der Waals surface area contributed by atoms with Crippen LogP contribution in [0.15, 0.2) is 42.0 Å². The SMILES string of the molecule is Nc1nc(CCc2cccs2)c2nc(-c3ccncc3)n(C3CC3)c2n1. The first-order valence-electron chi connectivity index (χ1n) is 8.76. The van der Waals surface area contributed by atoms with Crippen LogP contribution in [0, 0.1) is 0 Å². The number of nitrogens with zero attached hydrogens (tertiary/aromatic N) is 5. The molecule has 4 heterocycles. The summed E-state index contributed by atoms with van der Waals surface area (Å²) in [4.78, 5) is 19.5. The standard InChI is InChI=1S/C19H18N6S/c20-19-22-15(6-5-14-2-1-11-26-14)16-18(24-19)25(13-3-4-13)17(23-16)12-7-9-21-10-8-12/h1-2,7-11,13H,3-6H2,(H2,20,22,24). The largest absolute Gasteiger partial charge is 0.368 e. The summed E-state index contributed by atoms with van der Waals surface area (Å²) in [6, 6.07) is 8.65. The monoisotopic (exact) mass is 362 g/mol. The van der Waals surface area contributed by atoms with E-state index in [1.807, 2.05) is 12.1 Å². The van der Waals surface area contributed by atoms with Gasteiger partial charge in [0, 0.05) is 28.9 Å². The third kappa shape index (κ3) is 2.74. The quantitative estimate of drug-likeness (QED) is 0.586. The number of thiophene rings is 1. The van der Waals surface area contributed by atoms with Gasteiger partial charge in [-0.3, -0.25) is 4.98 Å². The molecule has 0 unspecified atom stereocenters. The highest BCUT2D eigenvalue weighted by Gasteiger charge is 2.30. The van der Waals surface area contributed by atoms with Crippen LogP contribution in [0.3, 0.4) is 0 Å². The number of nitrogens with two attached hydrogens (primary N) is 1. The molecular formula is C19H18N6S. The molecule has 130 valence electrons. The average molecular weight is 362 g/mol. The molecule has 6 nitrogen and oxygen atoms in total. The minimum atomic E-state index is 0.321. The Morgan fingerprint density at radius 3 is 2.65 bits per heavy atom. The van der Waals surface area contributed by atoms with Crippen molar-refractivity contribution in [3.63, 3.8) is 0 Å². The Balaban J connectivity index is 1.64. The third-order valence-electron chi connectivity index (χ3n) is 4.67. The van der Waals surface area contributed by atoms with Crippen LogP contribution in [-0.2, 0) is 12.8 Å². The highest BCUT2D eigenvalue weighted by molar-refractivity contribution is 7.09. The van der Waals surface area contributed by atoms with Gasteiger partial charge in [-0.25, -0.2) is 9.97 Å². The minimum Gasteiger partial charge on any atom is -0.368 e. The molecule has 7 heteroatoms. The topological polar surface area (TPSA) is 82.5 Å². The molecule has 4 aromatic heterocycles. The number of anilines is 1. The molecular weight excluding hydrogens is 344 g/mol. The van der Waals surface area contributed by atoms with Crippen molar-refractivity contribution < 1.29 is 0 Å². The maximum Gasteiger partial charge on any atom is 0.222 e. The highest BCUT2D eigenvalue weighted by atomic mass is 32.1. The van der Waals surface area contributed by atoms with Crippen molar-refractivity contribution in [3.8, 4) is 11.4 Å². The van der Waals surface area contributed by atoms with Gasteiger partial charge >= 0.3 is 0 Å². The predicted octanol–water partition coefficient (Wildman–Crippen LogP) is 3.65. The number of aryl methyl sites for hydroxylation is 2. The zero-order valence-corrected chi connectivity index (χ0v) is 15.0. The number of imidazole rings is 1. The molecule has 4 aromatic rings. The molecule has 0 saturated heterocycles. The Kier molecular flexibility index (Phi) is 3.67. The van der Waals surface area contributed by atoms with E-state index in [2.05, 4.69) is 37.0 Å². The summed E-state index contributed by atoms with van der Waals surface area (Å²) >= 11 is 1.76. The summed E-state index contributed by atoms with van der Waals surface area (Å²) in [5.74, 6) is 1.25. The van der Waals surface area contributed by atoms with Gasteiger partial charge in [-0.1, -0.05) is 6.07 Å². The van der Waals surface area contributed by atoms with E-state index in [0.717, 1.165) is 53.9 Å². The lowest BCUT2D eigenvalue weighted by atomic mass is 10.2. The normalized spacial score (nSPS) is 14.2. The van der Waals surface area contributed by atoms with Crippen molar-refractivity contribution in [2.24, 2.45) is 0 Å². The summed E-state index contributed by atoms with van der Waals surface area (Å²) in [5.41, 5.74) is 9.74. The number of aromatic nitrogens is 5. The maximum atomic E-state index is 6.04. The van der Waals surface area contributed by atoms with Crippen LogP contribution in [0.5, 0.6) is 0 Å². The molecule has 0 amide bonds. The summed E-state index contributed by atoms with van der Waals surface area (Å²) in [6.45, 7) is 0. The third-order valence-corrected chi connectivity index (χ3v) is 5.60. The summed E-state index contributed by atoms with van der Waals surface area (Å²) < 4.78 is 2.23. The first-order chi connectivity index (χ1) is 12.8. The predicted molar refractivity (Wildman–Crippen MR) is 103 cm³/mol. The first-order valence-corrected chi connectivity index (χ1v) is 9.64. The molecule has 26 heavy (non-hydrogen) atoms. The molecule has 0 aromatic carbocycles. The van der Waals surface area contributed by atoms with E-state index in [1.165, 1.54) is 4.88 Å². The fraction of sp³-hybridized carbons (Fsp3) is 0.263. The first kappa shape index (κ1) is 15.5. The number of rotatable bonds is 5. The summed E-state index contributed by atoms with van der Waals surface area (Å²) in [6.07, 6.45) is 7.63. The molecule has 0 atom stereocenters. The Bertz CT molecular complexity index is 1050. The number of pyridine rings is 1. The van der Waals surface area contributed by atoms with Crippen LogP contribution < -0.4 is 5.73 Å². The van der Waals surface area contributed by atoms with Gasteiger partial charge in [0.15, 0.2) is 5.65 Å². The molecule has 5 rings (SSSR count). The van der Waals surface area contributed by atoms with E-state index in [4.69, 9.17) is 10.7 Å². The highest BCUT2D eigenvalue weighted by Crippen LogP contribution is 2.41. The van der Waals surface area contributed by atoms with Crippen LogP contribution in [0.2, 0.25) is 0 Å². The summed E-state index contributed by atoms with van der Waals surface area (Å²) in [7, 11) is 0. The Labute approximate surface area is 154 Å². The van der Waals surface area contributed by atoms with Gasteiger partial charge in [0.25, 0.3) is 0 Å². The van der Waals surface area contributed by atoms with Crippen LogP contribution in [0.4, 0.5) is 5.95 Å². The van der Waals surface area contributed by atoms with Crippen molar-refractivity contribution in [1.82, 2.24) is 24.5 Å². The molecule has 1 saturated carbocycles. The second kappa shape index (κ2) is 6.17. The van der Waals surface area contributed by atoms with Gasteiger partial charge in [-0.2, -0.15) is 4.98 Å². The molecule has 2 N–H and O–H groups in total. The number of hydrogen-bond acceptors (Lipinski definition) is 6. The van der Waals surface area contributed by atoms with E-state index in [0.29, 0.717) is 12.0 Å². The van der Waals surface area contributed by atoms with Gasteiger partial charge in [-0.15, -0.1) is 11.3 Å². The molecule has 0 spiro atoms. The van der Waals surface area contributed by atoms with E-state index in [9.17, 15) is 0 Å². The molecule has 1 fully saturated rings. The lowest BCUT2D eigenvalue weighted by Gasteiger charge is -2.07. The van der Waals surface area contributed by atoms with Gasteiger partial charge in [0.2, 0.25) is 5.95 Å². The van der Waals surface area contributed by atoms with Crippen LogP contribution >= 0.6 is 11.3 Å². The van der Waals surface area contributed by atoms with Crippen molar-refractivity contribution in [3.05, 3.63) is 52.6 Å². The second-order valence-corrected chi connectivity index (χ2v) is 7.58. The van der Waals surface area contributed by atoms with Crippen molar-refractivity contribution in [2.45, 2.75) is 31.7 Å². The Morgan fingerprint density at radius 1 is 1.08 bits per heavy atom. The van der Waals surface area contributed by atoms with E-state index in [1.54, 1.807) is 23.7 Å². The summed E-state index contributed by atoms with van der Waals surface area (Å²) in [5, 5.41) is 2.10. The lowest BCUT2D eigenvalue weighted by molar-refractivity contribution is 0.765. The van der Waals surface area contributed by atoms with Gasteiger partial charge in [0.05, 0.1) is 5.69 Å². The van der Waals surface area contributed by atoms with Crippen molar-refractivity contribution >= 4 is 28.4 Å². The van der Waals surface area contributed by atoms with Crippen LogP contribution in [0.1, 0.15) is 29.5 Å². The fourth-order valence-corrected chi connectivity index (χ4v) is 4.01. The number of fused-ring (bicyclic) bond motifs is 1. The molecule has 1 aliphatic rings. The maximum absolute atomic E-state index is 6.04. The number of nitrogen functional groups attached to an aromatic ring is 1. The zero-order chi connectivity index (χ0) is 17.5. The molecule has 0 radical (unpaired) electrons. The Morgan fingerprint density at radius 2 is 1.92 bits per heavy atom. The minimum absolute atomic E-state index is 0.321. The number of hydrogen-bond donors (Lipinski definition) is 1. The van der Waals surface area contributed by atoms with Gasteiger partial charge in [-0.05, 0) is 49.3 Å². The Hall–Kier alpha value is -2.80. The van der Waals surface area contributed by atoms with Crippen LogP contribution in [-0.4, -0.2) is 24.5 Å². The van der Waals surface area contributed by atoms with Gasteiger partial charge < -0.3 is 10.3 Å². The second-order valence-electron chi connectivity index (χ2n) is 6.55. The molecule has 0 bridgehead atoms. The van der Waals surface area contributed by atoms with Crippen LogP contribution in [0.25, 0.3) is 22.6 Å². The lowest BCUT2D eigenvalue weighted by Crippen LogP contribution is -2.04. The zero-order valence-electron chi connectivity index (χ0n) is 14.2. The average Bonchev–Trinajstić information content (AvgIpc) is 3.22. The molecule has 1 aliphatic carbocycles. The molecule has 0 aliphatic heterocycles. The van der Waals surface area contributed by atoms with Crippen molar-refractivity contribution in [2.75, 3.05) is 5.73 Å². The van der Waals surface area contributed by atoms with E-state index >= 15 is 0 Å². The van der Waals surface area contributed by atoms with E-state index < -0.39 is 0 Å². The van der Waals surface area contributed by atoms with Crippen molar-refractivity contribution in [1.29, 1.82) is 0 Å².